The van der Waals surface area contributed by atoms with Gasteiger partial charge in [-0.25, -0.2) is 4.79 Å². The predicted octanol–water partition coefficient (Wildman–Crippen LogP) is 4.15. The second kappa shape index (κ2) is 9.61. The molecule has 0 saturated heterocycles. The molecule has 2 amide bonds. The van der Waals surface area contributed by atoms with Crippen molar-refractivity contribution in [2.24, 2.45) is 7.05 Å². The quantitative estimate of drug-likeness (QED) is 0.449. The van der Waals surface area contributed by atoms with Crippen LogP contribution < -0.4 is 10.6 Å². The Kier molecular flexibility index (Phi) is 6.59. The molecule has 0 spiro atoms. The van der Waals surface area contributed by atoms with Crippen LogP contribution in [0.25, 0.3) is 11.1 Å². The van der Waals surface area contributed by atoms with Crippen molar-refractivity contribution in [2.45, 2.75) is 38.1 Å². The molecule has 9 heteroatoms. The molecule has 0 atom stereocenters. The summed E-state index contributed by atoms with van der Waals surface area (Å²) in [4.78, 5) is 36.5. The zero-order valence-corrected chi connectivity index (χ0v) is 19.9. The number of anilines is 1. The second-order valence-corrected chi connectivity index (χ2v) is 9.21. The third-order valence-electron chi connectivity index (χ3n) is 6.15. The van der Waals surface area contributed by atoms with E-state index in [4.69, 9.17) is 9.84 Å². The fraction of sp³-hybridized carbons (Fsp3) is 0.308. The third-order valence-corrected chi connectivity index (χ3v) is 6.15. The maximum atomic E-state index is 12.9. The zero-order chi connectivity index (χ0) is 25.2. The van der Waals surface area contributed by atoms with Gasteiger partial charge in [-0.1, -0.05) is 48.5 Å². The molecule has 0 radical (unpaired) electrons. The Hall–Kier alpha value is -4.14. The summed E-state index contributed by atoms with van der Waals surface area (Å²) in [6.07, 6.45) is 0.851. The van der Waals surface area contributed by atoms with Crippen LogP contribution in [0.4, 0.5) is 10.5 Å². The van der Waals surface area contributed by atoms with E-state index in [-0.39, 0.29) is 36.7 Å². The molecule has 35 heavy (non-hydrogen) atoms. The van der Waals surface area contributed by atoms with Gasteiger partial charge in [-0.05, 0) is 42.5 Å². The Bertz CT molecular complexity index is 1230. The topological polar surface area (TPSA) is 123 Å². The molecule has 4 rings (SSSR count). The molecule has 1 aliphatic rings. The maximum Gasteiger partial charge on any atom is 0.411 e. The summed E-state index contributed by atoms with van der Waals surface area (Å²) < 4.78 is 6.92. The van der Waals surface area contributed by atoms with Crippen LogP contribution in [0.5, 0.6) is 0 Å². The van der Waals surface area contributed by atoms with Crippen LogP contribution in [-0.4, -0.2) is 45.0 Å². The van der Waals surface area contributed by atoms with Gasteiger partial charge in [0.2, 0.25) is 0 Å². The lowest BCUT2D eigenvalue weighted by Gasteiger charge is -2.25. The lowest BCUT2D eigenvalue weighted by Crippen LogP contribution is -2.44. The highest BCUT2D eigenvalue weighted by atomic mass is 16.5. The highest BCUT2D eigenvalue weighted by Gasteiger charge is 2.30. The van der Waals surface area contributed by atoms with E-state index in [1.807, 2.05) is 36.4 Å². The average molecular weight is 477 g/mol. The van der Waals surface area contributed by atoms with Crippen LogP contribution in [0, 0.1) is 0 Å². The molecule has 1 aromatic heterocycles. The van der Waals surface area contributed by atoms with Gasteiger partial charge < -0.3 is 15.2 Å². The molecule has 1 aliphatic carbocycles. The van der Waals surface area contributed by atoms with E-state index >= 15 is 0 Å². The van der Waals surface area contributed by atoms with Crippen molar-refractivity contribution in [3.05, 3.63) is 71.5 Å². The first kappa shape index (κ1) is 24.0. The minimum atomic E-state index is -0.939. The van der Waals surface area contributed by atoms with Crippen molar-refractivity contribution in [1.29, 1.82) is 0 Å². The van der Waals surface area contributed by atoms with E-state index in [0.29, 0.717) is 0 Å². The van der Waals surface area contributed by atoms with E-state index in [1.165, 1.54) is 10.9 Å². The second-order valence-electron chi connectivity index (χ2n) is 9.21. The number of carbonyl (C=O) groups excluding carboxylic acids is 2. The highest BCUT2D eigenvalue weighted by Crippen LogP contribution is 2.44. The molecule has 0 bridgehead atoms. The van der Waals surface area contributed by atoms with Gasteiger partial charge in [-0.15, -0.1) is 0 Å². The number of hydrogen-bond acceptors (Lipinski definition) is 5. The largest absolute Gasteiger partial charge is 0.481 e. The lowest BCUT2D eigenvalue weighted by molar-refractivity contribution is -0.137. The normalized spacial score (nSPS) is 12.5. The summed E-state index contributed by atoms with van der Waals surface area (Å²) in [5.74, 6) is -1.50. The molecule has 3 N–H and O–H groups in total. The Morgan fingerprint density at radius 1 is 1.06 bits per heavy atom. The van der Waals surface area contributed by atoms with E-state index in [2.05, 4.69) is 27.9 Å². The summed E-state index contributed by atoms with van der Waals surface area (Å²) in [5.41, 5.74) is 4.06. The minimum Gasteiger partial charge on any atom is -0.481 e. The smallest absolute Gasteiger partial charge is 0.411 e. The molecule has 2 aromatic carbocycles. The number of rotatable bonds is 8. The molecule has 0 saturated carbocycles. The molecule has 9 nitrogen and oxygen atoms in total. The van der Waals surface area contributed by atoms with Gasteiger partial charge in [0, 0.05) is 24.9 Å². The molecule has 1 heterocycles. The number of nitrogens with zero attached hydrogens (tertiary/aromatic N) is 2. The van der Waals surface area contributed by atoms with Crippen LogP contribution >= 0.6 is 0 Å². The van der Waals surface area contributed by atoms with Gasteiger partial charge in [0.15, 0.2) is 0 Å². The Labute approximate surface area is 203 Å². The van der Waals surface area contributed by atoms with Crippen molar-refractivity contribution in [2.75, 3.05) is 11.9 Å². The number of carboxylic acids is 1. The monoisotopic (exact) mass is 476 g/mol. The van der Waals surface area contributed by atoms with Crippen LogP contribution in [-0.2, 0) is 16.6 Å². The van der Waals surface area contributed by atoms with Crippen molar-refractivity contribution in [1.82, 2.24) is 15.1 Å². The summed E-state index contributed by atoms with van der Waals surface area (Å²) >= 11 is 0. The molecule has 0 aliphatic heterocycles. The first-order chi connectivity index (χ1) is 16.7. The molecular weight excluding hydrogens is 448 g/mol. The van der Waals surface area contributed by atoms with Gasteiger partial charge in [0.05, 0.1) is 11.9 Å². The molecular formula is C26H28N4O5. The Morgan fingerprint density at radius 2 is 1.66 bits per heavy atom. The number of amides is 2. The van der Waals surface area contributed by atoms with E-state index in [9.17, 15) is 14.4 Å². The number of carbonyl (C=O) groups is 3. The number of fused-ring (bicyclic) bond motifs is 3. The molecule has 182 valence electrons. The lowest BCUT2D eigenvalue weighted by atomic mass is 9.98. The van der Waals surface area contributed by atoms with Crippen LogP contribution in [0.15, 0.2) is 54.7 Å². The van der Waals surface area contributed by atoms with E-state index in [0.717, 1.165) is 22.3 Å². The summed E-state index contributed by atoms with van der Waals surface area (Å²) in [7, 11) is 1.59. The van der Waals surface area contributed by atoms with Crippen molar-refractivity contribution in [3.8, 4) is 11.1 Å². The fourth-order valence-electron chi connectivity index (χ4n) is 4.39. The third kappa shape index (κ3) is 5.18. The number of aromatic nitrogens is 2. The van der Waals surface area contributed by atoms with Gasteiger partial charge in [0.25, 0.3) is 5.91 Å². The Balaban J connectivity index is 1.43. The number of aryl methyl sites for hydroxylation is 1. The molecule has 0 fully saturated rings. The fourth-order valence-corrected chi connectivity index (χ4v) is 4.39. The van der Waals surface area contributed by atoms with Crippen molar-refractivity contribution < 1.29 is 24.2 Å². The van der Waals surface area contributed by atoms with Crippen LogP contribution in [0.2, 0.25) is 0 Å². The van der Waals surface area contributed by atoms with Gasteiger partial charge in [-0.3, -0.25) is 19.6 Å². The first-order valence-corrected chi connectivity index (χ1v) is 11.3. The van der Waals surface area contributed by atoms with E-state index < -0.39 is 23.5 Å². The summed E-state index contributed by atoms with van der Waals surface area (Å²) in [6, 6.07) is 16.1. The number of ether oxygens (including phenoxy) is 1. The van der Waals surface area contributed by atoms with Crippen molar-refractivity contribution in [3.63, 3.8) is 0 Å². The first-order valence-electron chi connectivity index (χ1n) is 11.3. The van der Waals surface area contributed by atoms with Gasteiger partial charge >= 0.3 is 12.1 Å². The summed E-state index contributed by atoms with van der Waals surface area (Å²) in [6.45, 7) is 3.62. The van der Waals surface area contributed by atoms with Crippen molar-refractivity contribution >= 4 is 23.7 Å². The zero-order valence-electron chi connectivity index (χ0n) is 19.9. The van der Waals surface area contributed by atoms with Crippen LogP contribution in [0.3, 0.4) is 0 Å². The highest BCUT2D eigenvalue weighted by molar-refractivity contribution is 6.01. The SMILES string of the molecule is Cn1ncc(NC(=O)OCC2c3ccccc3-c3ccccc32)c1C(=O)NC(C)(C)CCC(=O)O. The number of benzene rings is 2. The minimum absolute atomic E-state index is 0.0798. The number of hydrogen-bond donors (Lipinski definition) is 3. The van der Waals surface area contributed by atoms with E-state index in [1.54, 1.807) is 20.9 Å². The molecule has 0 unspecified atom stereocenters. The summed E-state index contributed by atoms with van der Waals surface area (Å²) in [5, 5.41) is 18.4. The average Bonchev–Trinajstić information content (AvgIpc) is 3.33. The predicted molar refractivity (Wildman–Crippen MR) is 130 cm³/mol. The van der Waals surface area contributed by atoms with Crippen LogP contribution in [0.1, 0.15) is 54.2 Å². The number of carboxylic acid groups (broad SMARTS) is 1. The van der Waals surface area contributed by atoms with Gasteiger partial charge in [-0.2, -0.15) is 5.10 Å². The number of aliphatic carboxylic acids is 1. The molecule has 3 aromatic rings. The van der Waals surface area contributed by atoms with Gasteiger partial charge in [0.1, 0.15) is 12.3 Å². The number of nitrogens with one attached hydrogen (secondary N) is 2. The standard InChI is InChI=1S/C26H28N4O5/c1-26(2,13-12-22(31)32)29-24(33)23-21(14-27-30(23)3)28-25(34)35-15-20-18-10-6-4-8-16(18)17-9-5-7-11-19(17)20/h4-11,14,20H,12-13,15H2,1-3H3,(H,28,34)(H,29,33)(H,31,32). The Morgan fingerprint density at radius 3 is 2.26 bits per heavy atom. The maximum absolute atomic E-state index is 12.9.